The van der Waals surface area contributed by atoms with E-state index in [1.54, 1.807) is 12.4 Å². The van der Waals surface area contributed by atoms with E-state index in [0.29, 0.717) is 16.6 Å². The van der Waals surface area contributed by atoms with Crippen LogP contribution in [0.1, 0.15) is 35.5 Å². The van der Waals surface area contributed by atoms with Crippen LogP contribution in [0.4, 0.5) is 0 Å². The van der Waals surface area contributed by atoms with Gasteiger partial charge in [0, 0.05) is 35.6 Å². The molecule has 0 spiro atoms. The van der Waals surface area contributed by atoms with E-state index in [1.165, 1.54) is 7.11 Å². The van der Waals surface area contributed by atoms with Crippen molar-refractivity contribution in [3.05, 3.63) is 88.5 Å². The van der Waals surface area contributed by atoms with Crippen LogP contribution in [0.5, 0.6) is 0 Å². The van der Waals surface area contributed by atoms with E-state index >= 15 is 0 Å². The van der Waals surface area contributed by atoms with E-state index in [2.05, 4.69) is 15.3 Å². The van der Waals surface area contributed by atoms with Gasteiger partial charge in [-0.25, -0.2) is 4.98 Å². The van der Waals surface area contributed by atoms with Crippen molar-refractivity contribution in [2.75, 3.05) is 7.11 Å². The Labute approximate surface area is 169 Å². The largest absolute Gasteiger partial charge is 0.399 e. The second kappa shape index (κ2) is 9.19. The second-order valence-electron chi connectivity index (χ2n) is 6.11. The molecule has 1 unspecified atom stereocenters. The molecule has 0 aliphatic rings. The highest BCUT2D eigenvalue weighted by Gasteiger charge is 2.16. The average Bonchev–Trinajstić information content (AvgIpc) is 3.13. The SMILES string of the molecule is CO/N=C(\c1ccccc1/C=N/OC(C)c1ccc(Cl)cc1)c1nccn1C. The molecule has 0 saturated heterocycles. The van der Waals surface area contributed by atoms with Gasteiger partial charge in [-0.05, 0) is 24.6 Å². The zero-order valence-corrected chi connectivity index (χ0v) is 16.7. The number of rotatable bonds is 7. The summed E-state index contributed by atoms with van der Waals surface area (Å²) < 4.78 is 1.88. The number of imidazole rings is 1. The molecule has 0 aliphatic heterocycles. The van der Waals surface area contributed by atoms with Crippen molar-refractivity contribution in [1.82, 2.24) is 9.55 Å². The van der Waals surface area contributed by atoms with E-state index < -0.39 is 0 Å². The molecule has 0 aliphatic carbocycles. The van der Waals surface area contributed by atoms with Crippen LogP contribution >= 0.6 is 11.6 Å². The predicted octanol–water partition coefficient (Wildman–Crippen LogP) is 4.58. The van der Waals surface area contributed by atoms with Crippen molar-refractivity contribution in [1.29, 1.82) is 0 Å². The second-order valence-corrected chi connectivity index (χ2v) is 6.54. The van der Waals surface area contributed by atoms with Gasteiger partial charge in [-0.15, -0.1) is 0 Å². The maximum atomic E-state index is 5.93. The molecule has 1 aromatic heterocycles. The number of hydrogen-bond acceptors (Lipinski definition) is 5. The van der Waals surface area contributed by atoms with Crippen molar-refractivity contribution in [2.24, 2.45) is 17.4 Å². The zero-order valence-electron chi connectivity index (χ0n) is 15.9. The quantitative estimate of drug-likeness (QED) is 0.433. The first-order chi connectivity index (χ1) is 13.6. The predicted molar refractivity (Wildman–Crippen MR) is 111 cm³/mol. The fourth-order valence-electron chi connectivity index (χ4n) is 2.69. The first kappa shape index (κ1) is 19.6. The molecule has 0 saturated carbocycles. The van der Waals surface area contributed by atoms with Gasteiger partial charge in [0.1, 0.15) is 13.2 Å². The van der Waals surface area contributed by atoms with Gasteiger partial charge in [0.15, 0.2) is 11.5 Å². The lowest BCUT2D eigenvalue weighted by Gasteiger charge is -2.11. The highest BCUT2D eigenvalue weighted by Crippen LogP contribution is 2.20. The van der Waals surface area contributed by atoms with Gasteiger partial charge in [-0.2, -0.15) is 0 Å². The van der Waals surface area contributed by atoms with E-state index in [4.69, 9.17) is 21.3 Å². The van der Waals surface area contributed by atoms with Crippen LogP contribution in [0, 0.1) is 0 Å². The van der Waals surface area contributed by atoms with Crippen LogP contribution in [-0.4, -0.2) is 28.6 Å². The molecular weight excluding hydrogens is 376 g/mol. The Hall–Kier alpha value is -3.12. The highest BCUT2D eigenvalue weighted by molar-refractivity contribution is 6.30. The third-order valence-electron chi connectivity index (χ3n) is 4.18. The van der Waals surface area contributed by atoms with E-state index in [1.807, 2.05) is 73.3 Å². The Morgan fingerprint density at radius 3 is 2.61 bits per heavy atom. The summed E-state index contributed by atoms with van der Waals surface area (Å²) in [6.07, 6.45) is 5.03. The fraction of sp³-hybridized carbons (Fsp3) is 0.190. The van der Waals surface area contributed by atoms with Crippen LogP contribution in [0.2, 0.25) is 5.02 Å². The molecule has 0 N–H and O–H groups in total. The molecule has 3 rings (SSSR count). The summed E-state index contributed by atoms with van der Waals surface area (Å²) in [5, 5.41) is 9.03. The van der Waals surface area contributed by atoms with Gasteiger partial charge in [0.2, 0.25) is 0 Å². The summed E-state index contributed by atoms with van der Waals surface area (Å²) >= 11 is 5.93. The highest BCUT2D eigenvalue weighted by atomic mass is 35.5. The lowest BCUT2D eigenvalue weighted by atomic mass is 10.0. The summed E-state index contributed by atoms with van der Waals surface area (Å²) in [6, 6.07) is 15.2. The van der Waals surface area contributed by atoms with Crippen molar-refractivity contribution in [3.8, 4) is 0 Å². The Morgan fingerprint density at radius 1 is 1.18 bits per heavy atom. The van der Waals surface area contributed by atoms with Gasteiger partial charge in [0.05, 0.1) is 6.21 Å². The number of hydrogen-bond donors (Lipinski definition) is 0. The molecular formula is C21H21ClN4O2. The van der Waals surface area contributed by atoms with Gasteiger partial charge in [-0.3, -0.25) is 0 Å². The Kier molecular flexibility index (Phi) is 6.45. The summed E-state index contributed by atoms with van der Waals surface area (Å²) in [7, 11) is 3.41. The molecule has 144 valence electrons. The van der Waals surface area contributed by atoms with E-state index in [-0.39, 0.29) is 6.10 Å². The normalized spacial score (nSPS) is 12.9. The molecule has 1 atom stereocenters. The number of aryl methyl sites for hydroxylation is 1. The minimum absolute atomic E-state index is 0.206. The standard InChI is InChI=1S/C21H21ClN4O2/c1-15(16-8-10-18(22)11-9-16)28-24-14-17-6-4-5-7-19(17)20(25-27-3)21-23-12-13-26(21)2/h4-15H,1-3H3/b24-14+,25-20+. The summed E-state index contributed by atoms with van der Waals surface area (Å²) in [5.41, 5.74) is 3.28. The number of oxime groups is 2. The first-order valence-electron chi connectivity index (χ1n) is 8.73. The average molecular weight is 397 g/mol. The fourth-order valence-corrected chi connectivity index (χ4v) is 2.82. The van der Waals surface area contributed by atoms with Crippen LogP contribution in [0.3, 0.4) is 0 Å². The lowest BCUT2D eigenvalue weighted by Crippen LogP contribution is -2.13. The van der Waals surface area contributed by atoms with Crippen LogP contribution in [-0.2, 0) is 16.7 Å². The van der Waals surface area contributed by atoms with Crippen molar-refractivity contribution >= 4 is 23.5 Å². The Morgan fingerprint density at radius 2 is 1.93 bits per heavy atom. The Bertz CT molecular complexity index is 980. The van der Waals surface area contributed by atoms with Gasteiger partial charge >= 0.3 is 0 Å². The van der Waals surface area contributed by atoms with Crippen LogP contribution in [0.15, 0.2) is 71.2 Å². The summed E-state index contributed by atoms with van der Waals surface area (Å²) in [4.78, 5) is 15.0. The van der Waals surface area contributed by atoms with E-state index in [0.717, 1.165) is 16.7 Å². The van der Waals surface area contributed by atoms with Crippen molar-refractivity contribution in [2.45, 2.75) is 13.0 Å². The minimum atomic E-state index is -0.206. The van der Waals surface area contributed by atoms with Gasteiger partial charge < -0.3 is 14.2 Å². The van der Waals surface area contributed by atoms with Gasteiger partial charge in [-0.1, -0.05) is 58.3 Å². The molecule has 0 fully saturated rings. The lowest BCUT2D eigenvalue weighted by molar-refractivity contribution is 0.0736. The summed E-state index contributed by atoms with van der Waals surface area (Å²) in [6.45, 7) is 1.93. The number of benzene rings is 2. The molecule has 7 heteroatoms. The van der Waals surface area contributed by atoms with Crippen molar-refractivity contribution < 1.29 is 9.68 Å². The van der Waals surface area contributed by atoms with E-state index in [9.17, 15) is 0 Å². The monoisotopic (exact) mass is 396 g/mol. The molecule has 3 aromatic rings. The molecule has 0 amide bonds. The van der Waals surface area contributed by atoms with Gasteiger partial charge in [0.25, 0.3) is 0 Å². The molecule has 28 heavy (non-hydrogen) atoms. The molecule has 2 aromatic carbocycles. The third-order valence-corrected chi connectivity index (χ3v) is 4.43. The molecule has 0 radical (unpaired) electrons. The molecule has 0 bridgehead atoms. The number of halogens is 1. The minimum Gasteiger partial charge on any atom is -0.399 e. The van der Waals surface area contributed by atoms with Crippen molar-refractivity contribution in [3.63, 3.8) is 0 Å². The topological polar surface area (TPSA) is 61.0 Å². The zero-order chi connectivity index (χ0) is 19.9. The maximum absolute atomic E-state index is 5.93. The van der Waals surface area contributed by atoms with Crippen LogP contribution < -0.4 is 0 Å². The van der Waals surface area contributed by atoms with Crippen LogP contribution in [0.25, 0.3) is 0 Å². The summed E-state index contributed by atoms with van der Waals surface area (Å²) in [5.74, 6) is 0.693. The number of aromatic nitrogens is 2. The Balaban J connectivity index is 1.83. The first-order valence-corrected chi connectivity index (χ1v) is 9.11. The smallest absolute Gasteiger partial charge is 0.162 e. The number of nitrogens with zero attached hydrogens (tertiary/aromatic N) is 4. The molecule has 1 heterocycles. The molecule has 6 nitrogen and oxygen atoms in total. The third kappa shape index (κ3) is 4.58. The maximum Gasteiger partial charge on any atom is 0.162 e.